The molecule has 1 atom stereocenters. The molecule has 1 aliphatic heterocycles. The molecule has 0 aromatic heterocycles. The van der Waals surface area contributed by atoms with Gasteiger partial charge in [0.15, 0.2) is 0 Å². The van der Waals surface area contributed by atoms with E-state index in [1.54, 1.807) is 20.1 Å². The zero-order chi connectivity index (χ0) is 14.9. The Morgan fingerprint density at radius 2 is 2.20 bits per heavy atom. The van der Waals surface area contributed by atoms with Crippen LogP contribution in [0.4, 0.5) is 5.69 Å². The summed E-state index contributed by atoms with van der Waals surface area (Å²) in [6.07, 6.45) is 0.815. The summed E-state index contributed by atoms with van der Waals surface area (Å²) >= 11 is 5.97. The highest BCUT2D eigenvalue weighted by Gasteiger charge is 2.32. The zero-order valence-corrected chi connectivity index (χ0v) is 13.2. The van der Waals surface area contributed by atoms with E-state index in [1.165, 1.54) is 10.4 Å². The Morgan fingerprint density at radius 1 is 1.50 bits per heavy atom. The fourth-order valence-corrected chi connectivity index (χ4v) is 4.21. The Kier molecular flexibility index (Phi) is 4.59. The number of aryl methyl sites for hydroxylation is 1. The van der Waals surface area contributed by atoms with Crippen molar-refractivity contribution in [2.45, 2.75) is 18.2 Å². The number of hydrogen-bond acceptors (Lipinski definition) is 4. The lowest BCUT2D eigenvalue weighted by Gasteiger charge is -2.17. The van der Waals surface area contributed by atoms with E-state index >= 15 is 0 Å². The predicted octanol–water partition coefficient (Wildman–Crippen LogP) is 1.89. The van der Waals surface area contributed by atoms with E-state index in [0.717, 1.165) is 6.42 Å². The van der Waals surface area contributed by atoms with Crippen molar-refractivity contribution in [1.29, 1.82) is 0 Å². The van der Waals surface area contributed by atoms with Crippen molar-refractivity contribution in [2.24, 2.45) is 5.92 Å². The molecule has 1 fully saturated rings. The van der Waals surface area contributed by atoms with Crippen molar-refractivity contribution >= 4 is 27.3 Å². The number of nitrogens with two attached hydrogens (primary N) is 1. The highest BCUT2D eigenvalue weighted by Crippen LogP contribution is 2.30. The van der Waals surface area contributed by atoms with Gasteiger partial charge in [-0.15, -0.1) is 0 Å². The number of anilines is 1. The topological polar surface area (TPSA) is 72.6 Å². The molecule has 0 amide bonds. The van der Waals surface area contributed by atoms with Crippen LogP contribution in [0, 0.1) is 12.8 Å². The monoisotopic (exact) mass is 318 g/mol. The molecule has 1 aromatic rings. The van der Waals surface area contributed by atoms with E-state index < -0.39 is 10.0 Å². The van der Waals surface area contributed by atoms with E-state index in [4.69, 9.17) is 22.1 Å². The maximum Gasteiger partial charge on any atom is 0.243 e. The summed E-state index contributed by atoms with van der Waals surface area (Å²) in [6, 6.07) is 2.99. The minimum Gasteiger partial charge on any atom is -0.397 e. The Morgan fingerprint density at radius 3 is 2.80 bits per heavy atom. The Hall–Kier alpha value is -0.820. The smallest absolute Gasteiger partial charge is 0.243 e. The average molecular weight is 319 g/mol. The Bertz CT molecular complexity index is 581. The van der Waals surface area contributed by atoms with Crippen LogP contribution in [0.5, 0.6) is 0 Å². The number of benzene rings is 1. The number of sulfonamides is 1. The maximum absolute atomic E-state index is 12.6. The lowest BCUT2D eigenvalue weighted by Crippen LogP contribution is -2.29. The molecule has 7 heteroatoms. The number of rotatable bonds is 4. The molecule has 1 aliphatic rings. The van der Waals surface area contributed by atoms with E-state index in [-0.39, 0.29) is 16.5 Å². The first kappa shape index (κ1) is 15.6. The molecule has 1 saturated heterocycles. The standard InChI is InChI=1S/C13H19ClN2O3S/c1-9-5-11(6-12(15)13(9)14)20(17,18)16-4-3-10(7-16)8-19-2/h5-6,10H,3-4,7-8,15H2,1-2H3. The number of methoxy groups -OCH3 is 1. The number of nitrogens with zero attached hydrogens (tertiary/aromatic N) is 1. The van der Waals surface area contributed by atoms with Crippen molar-refractivity contribution in [2.75, 3.05) is 32.5 Å². The number of hydrogen-bond donors (Lipinski definition) is 1. The molecule has 112 valence electrons. The number of ether oxygens (including phenoxy) is 1. The van der Waals surface area contributed by atoms with Gasteiger partial charge in [-0.05, 0) is 37.0 Å². The minimum atomic E-state index is -3.51. The fourth-order valence-electron chi connectivity index (χ4n) is 2.45. The molecular weight excluding hydrogens is 300 g/mol. The predicted molar refractivity (Wildman–Crippen MR) is 79.3 cm³/mol. The van der Waals surface area contributed by atoms with Gasteiger partial charge in [-0.3, -0.25) is 0 Å². The third kappa shape index (κ3) is 2.93. The lowest BCUT2D eigenvalue weighted by atomic mass is 10.1. The molecule has 0 radical (unpaired) electrons. The quantitative estimate of drug-likeness (QED) is 0.860. The number of nitrogen functional groups attached to an aromatic ring is 1. The van der Waals surface area contributed by atoms with E-state index in [9.17, 15) is 8.42 Å². The molecule has 0 aliphatic carbocycles. The molecular formula is C13H19ClN2O3S. The van der Waals surface area contributed by atoms with Crippen molar-refractivity contribution in [3.63, 3.8) is 0 Å². The summed E-state index contributed by atoms with van der Waals surface area (Å²) in [5.74, 6) is 0.250. The van der Waals surface area contributed by atoms with Gasteiger partial charge in [-0.1, -0.05) is 11.6 Å². The molecule has 2 N–H and O–H groups in total. The molecule has 5 nitrogen and oxygen atoms in total. The first-order valence-corrected chi connectivity index (χ1v) is 8.22. The summed E-state index contributed by atoms with van der Waals surface area (Å²) in [5, 5.41) is 0.405. The summed E-state index contributed by atoms with van der Waals surface area (Å²) < 4.78 is 31.7. The van der Waals surface area contributed by atoms with E-state index in [2.05, 4.69) is 0 Å². The highest BCUT2D eigenvalue weighted by atomic mass is 35.5. The van der Waals surface area contributed by atoms with Gasteiger partial charge in [0.2, 0.25) is 10.0 Å². The molecule has 20 heavy (non-hydrogen) atoms. The fraction of sp³-hybridized carbons (Fsp3) is 0.538. The second-order valence-electron chi connectivity index (χ2n) is 5.12. The van der Waals surface area contributed by atoms with Crippen LogP contribution in [0.1, 0.15) is 12.0 Å². The van der Waals surface area contributed by atoms with Crippen LogP contribution in [0.2, 0.25) is 5.02 Å². The minimum absolute atomic E-state index is 0.204. The van der Waals surface area contributed by atoms with Crippen molar-refractivity contribution in [3.05, 3.63) is 22.7 Å². The third-order valence-corrected chi connectivity index (χ3v) is 5.90. The van der Waals surface area contributed by atoms with Crippen LogP contribution >= 0.6 is 11.6 Å². The summed E-state index contributed by atoms with van der Waals surface area (Å²) in [7, 11) is -1.89. The van der Waals surface area contributed by atoms with Crippen LogP contribution in [-0.2, 0) is 14.8 Å². The maximum atomic E-state index is 12.6. The zero-order valence-electron chi connectivity index (χ0n) is 11.6. The summed E-state index contributed by atoms with van der Waals surface area (Å²) in [5.41, 5.74) is 6.71. The molecule has 2 rings (SSSR count). The second kappa shape index (κ2) is 5.89. The number of halogens is 1. The molecule has 0 spiro atoms. The second-order valence-corrected chi connectivity index (χ2v) is 7.43. The van der Waals surface area contributed by atoms with Gasteiger partial charge < -0.3 is 10.5 Å². The molecule has 1 aromatic carbocycles. The van der Waals surface area contributed by atoms with Gasteiger partial charge >= 0.3 is 0 Å². The first-order valence-electron chi connectivity index (χ1n) is 6.41. The van der Waals surface area contributed by atoms with Crippen LogP contribution in [-0.4, -0.2) is 39.5 Å². The summed E-state index contributed by atoms with van der Waals surface area (Å²) in [4.78, 5) is 0.204. The highest BCUT2D eigenvalue weighted by molar-refractivity contribution is 7.89. The van der Waals surface area contributed by atoms with Gasteiger partial charge in [-0.25, -0.2) is 8.42 Å². The largest absolute Gasteiger partial charge is 0.397 e. The molecule has 1 heterocycles. The van der Waals surface area contributed by atoms with Crippen LogP contribution < -0.4 is 5.73 Å². The first-order chi connectivity index (χ1) is 9.36. The van der Waals surface area contributed by atoms with E-state index in [1.807, 2.05) is 0 Å². The molecule has 1 unspecified atom stereocenters. The van der Waals surface area contributed by atoms with Crippen LogP contribution in [0.15, 0.2) is 17.0 Å². The molecule has 0 bridgehead atoms. The van der Waals surface area contributed by atoms with Gasteiger partial charge in [0.1, 0.15) is 0 Å². The van der Waals surface area contributed by atoms with Crippen LogP contribution in [0.25, 0.3) is 0 Å². The van der Waals surface area contributed by atoms with E-state index in [0.29, 0.717) is 30.3 Å². The Labute approximate surface area is 124 Å². The normalized spacial score (nSPS) is 20.4. The van der Waals surface area contributed by atoms with Crippen LogP contribution in [0.3, 0.4) is 0 Å². The average Bonchev–Trinajstić information content (AvgIpc) is 2.85. The Balaban J connectivity index is 2.28. The van der Waals surface area contributed by atoms with Gasteiger partial charge in [0.05, 0.1) is 22.2 Å². The van der Waals surface area contributed by atoms with Gasteiger partial charge in [-0.2, -0.15) is 4.31 Å². The lowest BCUT2D eigenvalue weighted by molar-refractivity contribution is 0.157. The van der Waals surface area contributed by atoms with Gasteiger partial charge in [0, 0.05) is 20.2 Å². The molecule has 0 saturated carbocycles. The SMILES string of the molecule is COCC1CCN(S(=O)(=O)c2cc(C)c(Cl)c(N)c2)C1. The third-order valence-electron chi connectivity index (χ3n) is 3.54. The van der Waals surface area contributed by atoms with Crippen molar-refractivity contribution < 1.29 is 13.2 Å². The van der Waals surface area contributed by atoms with Crippen molar-refractivity contribution in [1.82, 2.24) is 4.31 Å². The van der Waals surface area contributed by atoms with Gasteiger partial charge in [0.25, 0.3) is 0 Å². The van der Waals surface area contributed by atoms with Crippen molar-refractivity contribution in [3.8, 4) is 0 Å². The summed E-state index contributed by atoms with van der Waals surface area (Å²) in [6.45, 7) is 3.32.